The lowest BCUT2D eigenvalue weighted by Crippen LogP contribution is -2.06. The zero-order chi connectivity index (χ0) is 29.4. The lowest BCUT2D eigenvalue weighted by Gasteiger charge is -2.19. The van der Waals surface area contributed by atoms with Crippen LogP contribution in [-0.4, -0.2) is 13.2 Å². The van der Waals surface area contributed by atoms with Gasteiger partial charge in [0.2, 0.25) is 0 Å². The van der Waals surface area contributed by atoms with Crippen LogP contribution in [-0.2, 0) is 18.2 Å². The van der Waals surface area contributed by atoms with Gasteiger partial charge < -0.3 is 18.1 Å². The summed E-state index contributed by atoms with van der Waals surface area (Å²) in [5, 5.41) is 0. The van der Waals surface area contributed by atoms with Crippen molar-refractivity contribution in [2.24, 2.45) is 0 Å². The van der Waals surface area contributed by atoms with Gasteiger partial charge in [-0.25, -0.2) is 9.13 Å². The van der Waals surface area contributed by atoms with Crippen LogP contribution in [0.5, 0.6) is 23.0 Å². The molecule has 0 aromatic heterocycles. The minimum absolute atomic E-state index is 0.233. The van der Waals surface area contributed by atoms with Gasteiger partial charge in [-0.05, 0) is 61.4 Å². The Morgan fingerprint density at radius 1 is 0.357 bits per heavy atom. The van der Waals surface area contributed by atoms with E-state index >= 15 is 0 Å². The Balaban J connectivity index is 1.15. The second-order valence-electron chi connectivity index (χ2n) is 9.30. The summed E-state index contributed by atoms with van der Waals surface area (Å²) in [6, 6.07) is 35.3. The average Bonchev–Trinajstić information content (AvgIpc) is 3.00. The van der Waals surface area contributed by atoms with Crippen molar-refractivity contribution in [3.8, 4) is 23.0 Å². The molecule has 4 aromatic rings. The first-order chi connectivity index (χ1) is 20.5. The Kier molecular flexibility index (Phi) is 12.6. The van der Waals surface area contributed by atoms with Gasteiger partial charge in [0.1, 0.15) is 23.0 Å². The largest absolute Gasteiger partial charge is 0.587 e. The van der Waals surface area contributed by atoms with E-state index in [1.54, 1.807) is 97.1 Å². The van der Waals surface area contributed by atoms with E-state index < -0.39 is 15.6 Å². The van der Waals surface area contributed by atoms with E-state index in [1.807, 2.05) is 24.3 Å². The van der Waals surface area contributed by atoms with Gasteiger partial charge >= 0.3 is 15.6 Å². The van der Waals surface area contributed by atoms with Crippen LogP contribution in [0.3, 0.4) is 0 Å². The molecule has 0 atom stereocenters. The van der Waals surface area contributed by atoms with Gasteiger partial charge in [-0.1, -0.05) is 98.5 Å². The van der Waals surface area contributed by atoms with Crippen LogP contribution >= 0.6 is 15.6 Å². The molecule has 0 N–H and O–H groups in total. The Labute approximate surface area is 247 Å². The number of phosphoric ester groups is 2. The highest BCUT2D eigenvalue weighted by molar-refractivity contribution is 7.49. The van der Waals surface area contributed by atoms with Crippen LogP contribution in [0.2, 0.25) is 0 Å². The molecule has 0 spiro atoms. The van der Waals surface area contributed by atoms with E-state index in [1.165, 1.54) is 0 Å². The summed E-state index contributed by atoms with van der Waals surface area (Å²) in [5.74, 6) is 1.64. The van der Waals surface area contributed by atoms with Crippen molar-refractivity contribution in [3.05, 3.63) is 121 Å². The molecule has 42 heavy (non-hydrogen) atoms. The first kappa shape index (κ1) is 31.4. The average molecular weight is 611 g/mol. The molecule has 0 aliphatic carbocycles. The van der Waals surface area contributed by atoms with Crippen LogP contribution in [0.15, 0.2) is 121 Å². The van der Waals surface area contributed by atoms with Gasteiger partial charge in [0.25, 0.3) is 0 Å². The number of hydrogen-bond donors (Lipinski definition) is 0. The molecule has 0 aliphatic rings. The van der Waals surface area contributed by atoms with Gasteiger partial charge in [0.15, 0.2) is 0 Å². The maximum atomic E-state index is 13.3. The van der Waals surface area contributed by atoms with Crippen LogP contribution in [0.1, 0.15) is 38.5 Å². The summed E-state index contributed by atoms with van der Waals surface area (Å²) in [4.78, 5) is 0. The molecule has 222 valence electrons. The van der Waals surface area contributed by atoms with Gasteiger partial charge in [0.05, 0.1) is 13.2 Å². The molecule has 0 saturated carbocycles. The second-order valence-corrected chi connectivity index (χ2v) is 12.3. The summed E-state index contributed by atoms with van der Waals surface area (Å²) < 4.78 is 60.5. The lowest BCUT2D eigenvalue weighted by molar-refractivity contribution is 0.201. The summed E-state index contributed by atoms with van der Waals surface area (Å²) in [7, 11) is -7.73. The summed E-state index contributed by atoms with van der Waals surface area (Å²) in [6.45, 7) is 0.466. The number of unbranched alkanes of at least 4 members (excludes halogenated alkanes) is 5. The molecule has 0 heterocycles. The third-order valence-corrected chi connectivity index (χ3v) is 8.61. The molecule has 4 aromatic carbocycles. The zero-order valence-corrected chi connectivity index (χ0v) is 25.2. The molecular weight excluding hydrogens is 574 g/mol. The first-order valence-corrected chi connectivity index (χ1v) is 16.9. The molecule has 0 saturated heterocycles. The SMILES string of the molecule is O=P(OCCCCCCCCOP(=O)(Oc1ccccc1)Oc1ccccc1)(Oc1ccccc1)Oc1ccccc1. The molecule has 0 aliphatic heterocycles. The van der Waals surface area contributed by atoms with Gasteiger partial charge in [0, 0.05) is 0 Å². The normalized spacial score (nSPS) is 11.5. The summed E-state index contributed by atoms with van der Waals surface area (Å²) in [6.07, 6.45) is 5.05. The molecule has 0 amide bonds. The van der Waals surface area contributed by atoms with Crippen molar-refractivity contribution in [1.82, 2.24) is 0 Å². The topological polar surface area (TPSA) is 89.5 Å². The van der Waals surface area contributed by atoms with Crippen molar-refractivity contribution in [1.29, 1.82) is 0 Å². The van der Waals surface area contributed by atoms with E-state index in [0.717, 1.165) is 25.7 Å². The van der Waals surface area contributed by atoms with Crippen molar-refractivity contribution < 1.29 is 36.3 Å². The van der Waals surface area contributed by atoms with Gasteiger partial charge in [-0.15, -0.1) is 0 Å². The molecule has 8 nitrogen and oxygen atoms in total. The Morgan fingerprint density at radius 3 is 0.857 bits per heavy atom. The standard InChI is InChI=1S/C32H36O8P2/c33-41(37-29-19-9-5-10-20-29,38-30-21-11-6-12-22-30)35-27-17-3-1-2-4-18-28-36-42(34,39-31-23-13-7-14-24-31)40-32-25-15-8-16-26-32/h5-16,19-26H,1-4,17-18,27-28H2. The number of rotatable bonds is 19. The zero-order valence-electron chi connectivity index (χ0n) is 23.4. The Morgan fingerprint density at radius 2 is 0.595 bits per heavy atom. The highest BCUT2D eigenvalue weighted by Gasteiger charge is 2.31. The molecule has 0 fully saturated rings. The van der Waals surface area contributed by atoms with E-state index in [2.05, 4.69) is 0 Å². The number of para-hydroxylation sites is 4. The van der Waals surface area contributed by atoms with Crippen LogP contribution in [0.4, 0.5) is 0 Å². The van der Waals surface area contributed by atoms with Gasteiger partial charge in [-0.3, -0.25) is 9.05 Å². The predicted octanol–water partition coefficient (Wildman–Crippen LogP) is 9.89. The number of phosphoric acid groups is 2. The maximum absolute atomic E-state index is 13.3. The lowest BCUT2D eigenvalue weighted by atomic mass is 10.1. The molecular formula is C32H36O8P2. The van der Waals surface area contributed by atoms with Crippen LogP contribution in [0, 0.1) is 0 Å². The molecule has 0 unspecified atom stereocenters. The smallest absolute Gasteiger partial charge is 0.395 e. The molecule has 0 radical (unpaired) electrons. The quantitative estimate of drug-likeness (QED) is 0.0766. The summed E-state index contributed by atoms with van der Waals surface area (Å²) in [5.41, 5.74) is 0. The van der Waals surface area contributed by atoms with Crippen LogP contribution < -0.4 is 18.1 Å². The molecule has 4 rings (SSSR count). The van der Waals surface area contributed by atoms with Crippen molar-refractivity contribution >= 4 is 15.6 Å². The van der Waals surface area contributed by atoms with E-state index in [9.17, 15) is 9.13 Å². The maximum Gasteiger partial charge on any atom is 0.587 e. The molecule has 0 bridgehead atoms. The van der Waals surface area contributed by atoms with Crippen LogP contribution in [0.25, 0.3) is 0 Å². The van der Waals surface area contributed by atoms with E-state index in [-0.39, 0.29) is 13.2 Å². The highest BCUT2D eigenvalue weighted by Crippen LogP contribution is 2.50. The third-order valence-electron chi connectivity index (χ3n) is 5.88. The fourth-order valence-corrected chi connectivity index (χ4v) is 6.36. The minimum Gasteiger partial charge on any atom is -0.395 e. The minimum atomic E-state index is -3.87. The number of hydrogen-bond acceptors (Lipinski definition) is 8. The van der Waals surface area contributed by atoms with Crippen molar-refractivity contribution in [3.63, 3.8) is 0 Å². The fourth-order valence-electron chi connectivity index (χ4n) is 3.85. The highest BCUT2D eigenvalue weighted by atomic mass is 31.2. The van der Waals surface area contributed by atoms with E-state index in [4.69, 9.17) is 27.1 Å². The van der Waals surface area contributed by atoms with Gasteiger partial charge in [-0.2, -0.15) is 0 Å². The van der Waals surface area contributed by atoms with Crippen molar-refractivity contribution in [2.75, 3.05) is 13.2 Å². The predicted molar refractivity (Wildman–Crippen MR) is 163 cm³/mol. The molecule has 10 heteroatoms. The first-order valence-electron chi connectivity index (χ1n) is 14.0. The fraction of sp³-hybridized carbons (Fsp3) is 0.250. The Bertz CT molecular complexity index is 1190. The Hall–Kier alpha value is -3.54. The number of benzene rings is 4. The third kappa shape index (κ3) is 11.4. The van der Waals surface area contributed by atoms with E-state index in [0.29, 0.717) is 35.8 Å². The summed E-state index contributed by atoms with van der Waals surface area (Å²) >= 11 is 0. The second kappa shape index (κ2) is 16.8. The van der Waals surface area contributed by atoms with Crippen molar-refractivity contribution in [2.45, 2.75) is 38.5 Å². The monoisotopic (exact) mass is 610 g/mol.